The molecule has 0 aliphatic carbocycles. The Morgan fingerprint density at radius 3 is 2.70 bits per heavy atom. The second-order valence-corrected chi connectivity index (χ2v) is 6.40. The maximum Gasteiger partial charge on any atom is 0.433 e. The Morgan fingerprint density at radius 1 is 1.43 bits per heavy atom. The van der Waals surface area contributed by atoms with E-state index in [1.807, 2.05) is 0 Å². The summed E-state index contributed by atoms with van der Waals surface area (Å²) in [4.78, 5) is 18.5. The molecule has 126 valence electrons. The molecule has 23 heavy (non-hydrogen) atoms. The molecule has 3 rings (SSSR count). The van der Waals surface area contributed by atoms with Crippen molar-refractivity contribution in [3.63, 3.8) is 0 Å². The van der Waals surface area contributed by atoms with E-state index in [0.29, 0.717) is 28.9 Å². The number of nitrogens with two attached hydrogens (primary N) is 1. The lowest BCUT2D eigenvalue weighted by Gasteiger charge is -2.14. The van der Waals surface area contributed by atoms with Gasteiger partial charge in [0.05, 0.1) is 4.88 Å². The van der Waals surface area contributed by atoms with Gasteiger partial charge in [0.25, 0.3) is 5.91 Å². The zero-order valence-electron chi connectivity index (χ0n) is 12.2. The second-order valence-electron chi connectivity index (χ2n) is 5.40. The lowest BCUT2D eigenvalue weighted by molar-refractivity contribution is -0.140. The molecule has 0 radical (unpaired) electrons. The molecule has 1 atom stereocenters. The molecular weight excluding hydrogens is 351 g/mol. The summed E-state index contributed by atoms with van der Waals surface area (Å²) in [5, 5.41) is 0.588. The van der Waals surface area contributed by atoms with Crippen LogP contribution in [-0.4, -0.2) is 34.9 Å². The van der Waals surface area contributed by atoms with Gasteiger partial charge in [0.2, 0.25) is 0 Å². The van der Waals surface area contributed by atoms with Crippen molar-refractivity contribution in [2.45, 2.75) is 25.6 Å². The minimum Gasteiger partial charge on any atom is -0.336 e. The maximum absolute atomic E-state index is 12.7. The lowest BCUT2D eigenvalue weighted by Crippen LogP contribution is -2.31. The quantitative estimate of drug-likeness (QED) is 0.844. The highest BCUT2D eigenvalue weighted by molar-refractivity contribution is 7.20. The van der Waals surface area contributed by atoms with Crippen molar-refractivity contribution in [1.29, 1.82) is 0 Å². The molecule has 0 bridgehead atoms. The van der Waals surface area contributed by atoms with E-state index in [9.17, 15) is 18.0 Å². The molecule has 2 aromatic rings. The van der Waals surface area contributed by atoms with E-state index in [1.54, 1.807) is 11.8 Å². The van der Waals surface area contributed by atoms with Crippen LogP contribution < -0.4 is 5.73 Å². The molecule has 2 N–H and O–H groups in total. The smallest absolute Gasteiger partial charge is 0.336 e. The van der Waals surface area contributed by atoms with Crippen molar-refractivity contribution >= 4 is 39.9 Å². The molecule has 1 fully saturated rings. The van der Waals surface area contributed by atoms with E-state index in [2.05, 4.69) is 4.98 Å². The normalized spacial score (nSPS) is 18.3. The van der Waals surface area contributed by atoms with Crippen LogP contribution in [0.25, 0.3) is 10.2 Å². The average Bonchev–Trinajstić information content (AvgIpc) is 3.01. The van der Waals surface area contributed by atoms with Crippen LogP contribution in [0.4, 0.5) is 13.2 Å². The summed E-state index contributed by atoms with van der Waals surface area (Å²) in [5.74, 6) is -0.179. The minimum atomic E-state index is -4.49. The number of thiophene rings is 1. The van der Waals surface area contributed by atoms with Crippen LogP contribution in [0.15, 0.2) is 12.1 Å². The Bertz CT molecular complexity index is 747. The first-order chi connectivity index (χ1) is 10.3. The van der Waals surface area contributed by atoms with Gasteiger partial charge >= 0.3 is 6.18 Å². The number of aryl methyl sites for hydroxylation is 1. The summed E-state index contributed by atoms with van der Waals surface area (Å²) >= 11 is 1.01. The third-order valence-corrected chi connectivity index (χ3v) is 4.99. The third kappa shape index (κ3) is 3.29. The fourth-order valence-corrected chi connectivity index (χ4v) is 3.72. The van der Waals surface area contributed by atoms with E-state index < -0.39 is 11.9 Å². The molecule has 0 saturated carbocycles. The summed E-state index contributed by atoms with van der Waals surface area (Å²) in [5.41, 5.74) is 5.53. The van der Waals surface area contributed by atoms with Gasteiger partial charge < -0.3 is 10.6 Å². The molecular formula is C14H15ClF3N3OS. The van der Waals surface area contributed by atoms with Crippen LogP contribution in [0.1, 0.15) is 27.3 Å². The van der Waals surface area contributed by atoms with Gasteiger partial charge in [-0.05, 0) is 31.0 Å². The van der Waals surface area contributed by atoms with Crippen LogP contribution in [0.2, 0.25) is 0 Å². The summed E-state index contributed by atoms with van der Waals surface area (Å²) in [6.45, 7) is 2.79. The van der Waals surface area contributed by atoms with Crippen molar-refractivity contribution in [1.82, 2.24) is 9.88 Å². The van der Waals surface area contributed by atoms with E-state index in [-0.39, 0.29) is 29.2 Å². The van der Waals surface area contributed by atoms with Crippen molar-refractivity contribution in [3.05, 3.63) is 28.3 Å². The highest BCUT2D eigenvalue weighted by Crippen LogP contribution is 2.35. The standard InChI is InChI=1S/C14H14F3N3OS.ClH/c1-7-9-2-3-10(14(15,16)17)19-12(9)22-11(7)13(21)20-5-4-8(18)6-20;/h2-3,8H,4-6,18H2,1H3;1H/t8-;/m1./s1. The number of hydrogen-bond acceptors (Lipinski definition) is 4. The number of nitrogens with zero attached hydrogens (tertiary/aromatic N) is 2. The first-order valence-corrected chi connectivity index (χ1v) is 7.61. The fraction of sp³-hybridized carbons (Fsp3) is 0.429. The molecule has 0 spiro atoms. The van der Waals surface area contributed by atoms with E-state index in [0.717, 1.165) is 23.8 Å². The molecule has 1 aliphatic rings. The summed E-state index contributed by atoms with van der Waals surface area (Å²) in [6, 6.07) is 2.29. The summed E-state index contributed by atoms with van der Waals surface area (Å²) in [7, 11) is 0. The SMILES string of the molecule is Cc1c(C(=O)N2CC[C@@H](N)C2)sc2nc(C(F)(F)F)ccc12.Cl. The fourth-order valence-electron chi connectivity index (χ4n) is 2.58. The van der Waals surface area contributed by atoms with E-state index in [4.69, 9.17) is 5.73 Å². The van der Waals surface area contributed by atoms with Gasteiger partial charge in [0.15, 0.2) is 0 Å². The molecule has 3 heterocycles. The topological polar surface area (TPSA) is 59.2 Å². The largest absolute Gasteiger partial charge is 0.433 e. The Balaban J connectivity index is 0.00000192. The van der Waals surface area contributed by atoms with Gasteiger partial charge in [0.1, 0.15) is 10.5 Å². The number of hydrogen-bond donors (Lipinski definition) is 1. The molecule has 1 saturated heterocycles. The summed E-state index contributed by atoms with van der Waals surface area (Å²) in [6.07, 6.45) is -3.75. The molecule has 2 aromatic heterocycles. The number of fused-ring (bicyclic) bond motifs is 1. The van der Waals surface area contributed by atoms with Gasteiger partial charge in [-0.15, -0.1) is 23.7 Å². The predicted octanol–water partition coefficient (Wildman–Crippen LogP) is 3.22. The van der Waals surface area contributed by atoms with Gasteiger partial charge in [-0.3, -0.25) is 4.79 Å². The third-order valence-electron chi connectivity index (χ3n) is 3.80. The molecule has 4 nitrogen and oxygen atoms in total. The minimum absolute atomic E-state index is 0. The van der Waals surface area contributed by atoms with Crippen molar-refractivity contribution in [3.8, 4) is 0 Å². The number of carbonyl (C=O) groups is 1. The average molecular weight is 366 g/mol. The van der Waals surface area contributed by atoms with Gasteiger partial charge in [-0.2, -0.15) is 13.2 Å². The van der Waals surface area contributed by atoms with Gasteiger partial charge in [-0.1, -0.05) is 0 Å². The Kier molecular flexibility index (Phi) is 4.89. The second kappa shape index (κ2) is 6.26. The highest BCUT2D eigenvalue weighted by Gasteiger charge is 2.33. The Morgan fingerprint density at radius 2 is 2.13 bits per heavy atom. The van der Waals surface area contributed by atoms with Crippen molar-refractivity contribution in [2.75, 3.05) is 13.1 Å². The predicted molar refractivity (Wildman–Crippen MR) is 85.1 cm³/mol. The van der Waals surface area contributed by atoms with Crippen LogP contribution in [0.3, 0.4) is 0 Å². The molecule has 1 aliphatic heterocycles. The van der Waals surface area contributed by atoms with Crippen LogP contribution >= 0.6 is 23.7 Å². The van der Waals surface area contributed by atoms with Crippen LogP contribution in [0.5, 0.6) is 0 Å². The summed E-state index contributed by atoms with van der Waals surface area (Å²) < 4.78 is 38.2. The number of likely N-dealkylation sites (tertiary alicyclic amines) is 1. The number of amides is 1. The first kappa shape index (κ1) is 18.0. The number of rotatable bonds is 1. The number of carbonyl (C=O) groups excluding carboxylic acids is 1. The molecule has 0 aromatic carbocycles. The van der Waals surface area contributed by atoms with Gasteiger partial charge in [-0.25, -0.2) is 4.98 Å². The number of aromatic nitrogens is 1. The maximum atomic E-state index is 12.7. The molecule has 1 amide bonds. The van der Waals surface area contributed by atoms with Crippen molar-refractivity contribution < 1.29 is 18.0 Å². The number of halogens is 4. The van der Waals surface area contributed by atoms with E-state index in [1.165, 1.54) is 6.07 Å². The molecule has 0 unspecified atom stereocenters. The monoisotopic (exact) mass is 365 g/mol. The molecule has 9 heteroatoms. The van der Waals surface area contributed by atoms with E-state index >= 15 is 0 Å². The Hall–Kier alpha value is -1.38. The van der Waals surface area contributed by atoms with Gasteiger partial charge in [0, 0.05) is 24.5 Å². The number of pyridine rings is 1. The van der Waals surface area contributed by atoms with Crippen molar-refractivity contribution in [2.24, 2.45) is 5.73 Å². The van der Waals surface area contributed by atoms with Crippen LogP contribution in [0, 0.1) is 6.92 Å². The first-order valence-electron chi connectivity index (χ1n) is 6.79. The zero-order valence-corrected chi connectivity index (χ0v) is 13.8. The van der Waals surface area contributed by atoms with Crippen LogP contribution in [-0.2, 0) is 6.18 Å². The number of alkyl halides is 3. The zero-order chi connectivity index (χ0) is 16.1. The Labute approximate surface area is 140 Å². The lowest BCUT2D eigenvalue weighted by atomic mass is 10.1. The highest BCUT2D eigenvalue weighted by atomic mass is 35.5.